The molecule has 54 valence electrons. The van der Waals surface area contributed by atoms with Crippen molar-refractivity contribution in [3.8, 4) is 12.3 Å². The molecule has 0 saturated carbocycles. The number of carbonyl (C=O) groups excluding carboxylic acids is 1. The number of Topliss-reactive ketones (excluding diaryl/α,β-unsaturated/α-hetero) is 1. The van der Waals surface area contributed by atoms with Gasteiger partial charge in [0.25, 0.3) is 0 Å². The SMILES string of the molecule is C#CC(=O)CC1OCCO1. The van der Waals surface area contributed by atoms with Crippen LogP contribution in [-0.4, -0.2) is 25.3 Å². The third kappa shape index (κ3) is 1.83. The van der Waals surface area contributed by atoms with Gasteiger partial charge in [-0.3, -0.25) is 4.79 Å². The van der Waals surface area contributed by atoms with Crippen molar-refractivity contribution in [1.82, 2.24) is 0 Å². The molecule has 1 fully saturated rings. The van der Waals surface area contributed by atoms with Crippen LogP contribution in [0.5, 0.6) is 0 Å². The summed E-state index contributed by atoms with van der Waals surface area (Å²) < 4.78 is 9.97. The highest BCUT2D eigenvalue weighted by Gasteiger charge is 2.18. The van der Waals surface area contributed by atoms with E-state index in [2.05, 4.69) is 0 Å². The van der Waals surface area contributed by atoms with Gasteiger partial charge in [-0.15, -0.1) is 6.42 Å². The van der Waals surface area contributed by atoms with E-state index in [1.807, 2.05) is 5.92 Å². The molecule has 1 saturated heterocycles. The van der Waals surface area contributed by atoms with Gasteiger partial charge in [0.1, 0.15) is 0 Å². The van der Waals surface area contributed by atoms with Gasteiger partial charge in [-0.25, -0.2) is 0 Å². The van der Waals surface area contributed by atoms with Crippen LogP contribution in [-0.2, 0) is 14.3 Å². The van der Waals surface area contributed by atoms with E-state index in [4.69, 9.17) is 15.9 Å². The van der Waals surface area contributed by atoms with Crippen molar-refractivity contribution in [2.75, 3.05) is 13.2 Å². The Hall–Kier alpha value is -0.850. The summed E-state index contributed by atoms with van der Waals surface area (Å²) in [6, 6.07) is 0. The first kappa shape index (κ1) is 7.26. The second kappa shape index (κ2) is 3.35. The smallest absolute Gasteiger partial charge is 0.210 e. The van der Waals surface area contributed by atoms with Crippen LogP contribution in [0.1, 0.15) is 6.42 Å². The van der Waals surface area contributed by atoms with E-state index in [0.29, 0.717) is 13.2 Å². The fraction of sp³-hybridized carbons (Fsp3) is 0.571. The quantitative estimate of drug-likeness (QED) is 0.398. The highest BCUT2D eigenvalue weighted by Crippen LogP contribution is 2.07. The van der Waals surface area contributed by atoms with Gasteiger partial charge < -0.3 is 9.47 Å². The van der Waals surface area contributed by atoms with Gasteiger partial charge in [-0.1, -0.05) is 0 Å². The Kier molecular flexibility index (Phi) is 2.43. The lowest BCUT2D eigenvalue weighted by molar-refractivity contribution is -0.122. The van der Waals surface area contributed by atoms with Crippen molar-refractivity contribution in [3.05, 3.63) is 0 Å². The van der Waals surface area contributed by atoms with Gasteiger partial charge in [0.05, 0.1) is 19.6 Å². The molecule has 0 spiro atoms. The van der Waals surface area contributed by atoms with Crippen LogP contribution in [0.3, 0.4) is 0 Å². The monoisotopic (exact) mass is 140 g/mol. The van der Waals surface area contributed by atoms with E-state index < -0.39 is 6.29 Å². The second-order valence-corrected chi connectivity index (χ2v) is 1.94. The van der Waals surface area contributed by atoms with Crippen molar-refractivity contribution < 1.29 is 14.3 Å². The van der Waals surface area contributed by atoms with Gasteiger partial charge in [-0.05, 0) is 5.92 Å². The Morgan fingerprint density at radius 1 is 1.60 bits per heavy atom. The predicted molar refractivity (Wildman–Crippen MR) is 34.1 cm³/mol. The molecule has 0 amide bonds. The number of carbonyl (C=O) groups is 1. The van der Waals surface area contributed by atoms with Gasteiger partial charge in [0.2, 0.25) is 5.78 Å². The van der Waals surface area contributed by atoms with Crippen LogP contribution < -0.4 is 0 Å². The largest absolute Gasteiger partial charge is 0.350 e. The van der Waals surface area contributed by atoms with Crippen LogP contribution in [0.2, 0.25) is 0 Å². The Morgan fingerprint density at radius 2 is 2.20 bits per heavy atom. The van der Waals surface area contributed by atoms with Crippen molar-refractivity contribution >= 4 is 5.78 Å². The number of ether oxygens (including phenoxy) is 2. The molecule has 0 radical (unpaired) electrons. The third-order valence-corrected chi connectivity index (χ3v) is 1.20. The first-order valence-corrected chi connectivity index (χ1v) is 3.05. The molecule has 1 heterocycles. The van der Waals surface area contributed by atoms with E-state index in [-0.39, 0.29) is 12.2 Å². The summed E-state index contributed by atoms with van der Waals surface area (Å²) in [5.74, 6) is 1.72. The minimum atomic E-state index is -0.399. The third-order valence-electron chi connectivity index (χ3n) is 1.20. The lowest BCUT2D eigenvalue weighted by Crippen LogP contribution is -2.12. The fourth-order valence-corrected chi connectivity index (χ4v) is 0.735. The summed E-state index contributed by atoms with van der Waals surface area (Å²) in [5.41, 5.74) is 0. The second-order valence-electron chi connectivity index (χ2n) is 1.94. The molecular formula is C7H8O3. The maximum atomic E-state index is 10.6. The Labute approximate surface area is 59.3 Å². The normalized spacial score (nSPS) is 18.7. The molecule has 0 bridgehead atoms. The average Bonchev–Trinajstić information content (AvgIpc) is 2.40. The van der Waals surface area contributed by atoms with E-state index in [1.54, 1.807) is 0 Å². The molecule has 10 heavy (non-hydrogen) atoms. The van der Waals surface area contributed by atoms with Crippen LogP contribution in [0.25, 0.3) is 0 Å². The zero-order chi connectivity index (χ0) is 7.40. The minimum absolute atomic E-state index is 0.177. The molecular weight excluding hydrogens is 132 g/mol. The summed E-state index contributed by atoms with van der Waals surface area (Å²) >= 11 is 0. The first-order chi connectivity index (χ1) is 4.83. The molecule has 3 heteroatoms. The first-order valence-electron chi connectivity index (χ1n) is 3.05. The summed E-state index contributed by atoms with van der Waals surface area (Å²) in [4.78, 5) is 10.6. The van der Waals surface area contributed by atoms with Crippen molar-refractivity contribution in [2.45, 2.75) is 12.7 Å². The average molecular weight is 140 g/mol. The highest BCUT2D eigenvalue weighted by atomic mass is 16.7. The summed E-state index contributed by atoms with van der Waals surface area (Å²) in [6.45, 7) is 1.12. The number of hydrogen-bond acceptors (Lipinski definition) is 3. The molecule has 1 rings (SSSR count). The van der Waals surface area contributed by atoms with Crippen LogP contribution >= 0.6 is 0 Å². The van der Waals surface area contributed by atoms with Crippen LogP contribution in [0, 0.1) is 12.3 Å². The van der Waals surface area contributed by atoms with Gasteiger partial charge >= 0.3 is 0 Å². The molecule has 1 aliphatic heterocycles. The number of rotatable bonds is 2. The van der Waals surface area contributed by atoms with Crippen molar-refractivity contribution in [3.63, 3.8) is 0 Å². The van der Waals surface area contributed by atoms with E-state index in [1.165, 1.54) is 0 Å². The zero-order valence-corrected chi connectivity index (χ0v) is 5.50. The summed E-state index contributed by atoms with van der Waals surface area (Å²) in [5, 5.41) is 0. The van der Waals surface area contributed by atoms with E-state index in [9.17, 15) is 4.79 Å². The van der Waals surface area contributed by atoms with Crippen molar-refractivity contribution in [1.29, 1.82) is 0 Å². The maximum absolute atomic E-state index is 10.6. The van der Waals surface area contributed by atoms with Gasteiger partial charge in [-0.2, -0.15) is 0 Å². The topological polar surface area (TPSA) is 35.5 Å². The molecule has 0 aromatic rings. The molecule has 0 atom stereocenters. The van der Waals surface area contributed by atoms with Crippen molar-refractivity contribution in [2.24, 2.45) is 0 Å². The molecule has 0 unspecified atom stereocenters. The molecule has 0 N–H and O–H groups in total. The summed E-state index contributed by atoms with van der Waals surface area (Å²) in [7, 11) is 0. The minimum Gasteiger partial charge on any atom is -0.350 e. The Balaban J connectivity index is 2.25. The predicted octanol–water partition coefficient (Wildman–Crippen LogP) is -0.0483. The fourth-order valence-electron chi connectivity index (χ4n) is 0.735. The summed E-state index contributed by atoms with van der Waals surface area (Å²) in [6.07, 6.45) is 4.62. The van der Waals surface area contributed by atoms with Gasteiger partial charge in [0, 0.05) is 0 Å². The number of hydrogen-bond donors (Lipinski definition) is 0. The Morgan fingerprint density at radius 3 is 2.70 bits per heavy atom. The van der Waals surface area contributed by atoms with E-state index >= 15 is 0 Å². The van der Waals surface area contributed by atoms with Crippen LogP contribution in [0.4, 0.5) is 0 Å². The standard InChI is InChI=1S/C7H8O3/c1-2-6(8)5-7-9-3-4-10-7/h1,7H,3-5H2. The van der Waals surface area contributed by atoms with Gasteiger partial charge in [0.15, 0.2) is 6.29 Å². The number of terminal acetylenes is 1. The highest BCUT2D eigenvalue weighted by molar-refractivity contribution is 5.95. The molecule has 0 aromatic carbocycles. The molecule has 1 aliphatic rings. The zero-order valence-electron chi connectivity index (χ0n) is 5.50. The van der Waals surface area contributed by atoms with E-state index in [0.717, 1.165) is 0 Å². The Bertz CT molecular complexity index is 162. The molecule has 0 aromatic heterocycles. The maximum Gasteiger partial charge on any atom is 0.210 e. The number of ketones is 1. The molecule has 3 nitrogen and oxygen atoms in total. The van der Waals surface area contributed by atoms with Crippen LogP contribution in [0.15, 0.2) is 0 Å². The molecule has 0 aliphatic carbocycles. The lowest BCUT2D eigenvalue weighted by atomic mass is 10.3. The lowest BCUT2D eigenvalue weighted by Gasteiger charge is -2.03.